The number of amides is 1. The van der Waals surface area contributed by atoms with Crippen molar-refractivity contribution in [1.29, 1.82) is 0 Å². The van der Waals surface area contributed by atoms with Crippen LogP contribution >= 0.6 is 11.6 Å². The van der Waals surface area contributed by atoms with Crippen LogP contribution < -0.4 is 20.3 Å². The monoisotopic (exact) mass is 468 g/mol. The number of carbonyl (C=O) groups excluding carboxylic acids is 1. The molecule has 10 heteroatoms. The molecule has 0 atom stereocenters. The molecule has 0 fully saturated rings. The van der Waals surface area contributed by atoms with E-state index in [2.05, 4.69) is 15.5 Å². The molecule has 1 amide bonds. The minimum absolute atomic E-state index is 0.0904. The summed E-state index contributed by atoms with van der Waals surface area (Å²) in [7, 11) is 3.12. The number of nitrogens with one attached hydrogen (secondary N) is 1. The number of hydrogen-bond donors (Lipinski definition) is 1. The predicted octanol–water partition coefficient (Wildman–Crippen LogP) is 3.43. The van der Waals surface area contributed by atoms with Gasteiger partial charge in [-0.25, -0.2) is 4.98 Å². The van der Waals surface area contributed by atoms with E-state index in [0.717, 1.165) is 5.56 Å². The molecule has 4 rings (SSSR count). The number of nitrogens with zero attached hydrogens (tertiary/aromatic N) is 3. The van der Waals surface area contributed by atoms with Crippen LogP contribution in [0.15, 0.2) is 58.1 Å². The maximum atomic E-state index is 13.1. The fourth-order valence-electron chi connectivity index (χ4n) is 3.33. The highest BCUT2D eigenvalue weighted by Crippen LogP contribution is 2.33. The van der Waals surface area contributed by atoms with E-state index < -0.39 is 0 Å². The highest BCUT2D eigenvalue weighted by Gasteiger charge is 2.20. The quantitative estimate of drug-likeness (QED) is 0.422. The van der Waals surface area contributed by atoms with Crippen molar-refractivity contribution < 1.29 is 18.8 Å². The minimum atomic E-state index is -0.379. The van der Waals surface area contributed by atoms with Gasteiger partial charge >= 0.3 is 0 Å². The van der Waals surface area contributed by atoms with E-state index in [1.54, 1.807) is 25.3 Å². The summed E-state index contributed by atoms with van der Waals surface area (Å²) in [6.07, 6.45) is 1.43. The smallest absolute Gasteiger partial charge is 0.266 e. The van der Waals surface area contributed by atoms with Gasteiger partial charge in [0.1, 0.15) is 28.9 Å². The van der Waals surface area contributed by atoms with Gasteiger partial charge in [0.15, 0.2) is 0 Å². The van der Waals surface area contributed by atoms with Crippen molar-refractivity contribution in [2.24, 2.45) is 0 Å². The van der Waals surface area contributed by atoms with Gasteiger partial charge in [-0.2, -0.15) is 0 Å². The molecular formula is C23H21ClN4O5. The summed E-state index contributed by atoms with van der Waals surface area (Å²) in [5.74, 6) is 1.07. The Morgan fingerprint density at radius 3 is 2.73 bits per heavy atom. The number of ether oxygens (including phenoxy) is 2. The van der Waals surface area contributed by atoms with Gasteiger partial charge < -0.3 is 19.3 Å². The number of aromatic nitrogens is 3. The Balaban J connectivity index is 1.51. The SMILES string of the molecule is COc1cccc(CNC(=O)CCn2cnc3onc(-c4cc(OC)ccc4Cl)c3c2=O)c1. The van der Waals surface area contributed by atoms with Crippen molar-refractivity contribution in [2.45, 2.75) is 19.5 Å². The van der Waals surface area contributed by atoms with Crippen molar-refractivity contribution in [3.05, 3.63) is 69.7 Å². The van der Waals surface area contributed by atoms with Crippen molar-refractivity contribution in [3.63, 3.8) is 0 Å². The fourth-order valence-corrected chi connectivity index (χ4v) is 3.54. The third-order valence-corrected chi connectivity index (χ3v) is 5.43. The van der Waals surface area contributed by atoms with Crippen molar-refractivity contribution in [2.75, 3.05) is 14.2 Å². The zero-order valence-corrected chi connectivity index (χ0v) is 18.8. The molecule has 0 aliphatic rings. The summed E-state index contributed by atoms with van der Waals surface area (Å²) in [4.78, 5) is 29.6. The Kier molecular flexibility index (Phi) is 6.60. The first kappa shape index (κ1) is 22.3. The van der Waals surface area contributed by atoms with Gasteiger partial charge in [0.05, 0.1) is 19.2 Å². The van der Waals surface area contributed by atoms with E-state index in [0.29, 0.717) is 28.6 Å². The maximum Gasteiger partial charge on any atom is 0.266 e. The summed E-state index contributed by atoms with van der Waals surface area (Å²) < 4.78 is 17.0. The molecule has 0 aliphatic heterocycles. The van der Waals surface area contributed by atoms with E-state index in [-0.39, 0.29) is 41.2 Å². The zero-order chi connectivity index (χ0) is 23.4. The molecule has 0 radical (unpaired) electrons. The lowest BCUT2D eigenvalue weighted by atomic mass is 10.1. The van der Waals surface area contributed by atoms with Crippen LogP contribution in [-0.2, 0) is 17.9 Å². The highest BCUT2D eigenvalue weighted by atomic mass is 35.5. The molecule has 170 valence electrons. The number of aryl methyl sites for hydroxylation is 1. The van der Waals surface area contributed by atoms with E-state index in [1.165, 1.54) is 18.0 Å². The van der Waals surface area contributed by atoms with E-state index >= 15 is 0 Å². The Hall–Kier alpha value is -3.85. The largest absolute Gasteiger partial charge is 0.497 e. The number of halogens is 1. The molecule has 2 aromatic heterocycles. The fraction of sp³-hybridized carbons (Fsp3) is 0.217. The van der Waals surface area contributed by atoms with Crippen LogP contribution in [0.3, 0.4) is 0 Å². The maximum absolute atomic E-state index is 13.1. The lowest BCUT2D eigenvalue weighted by molar-refractivity contribution is -0.121. The number of fused-ring (bicyclic) bond motifs is 1. The molecule has 0 saturated carbocycles. The van der Waals surface area contributed by atoms with E-state index in [4.69, 9.17) is 25.6 Å². The van der Waals surface area contributed by atoms with Crippen LogP contribution in [0.5, 0.6) is 11.5 Å². The first-order valence-electron chi connectivity index (χ1n) is 10.1. The van der Waals surface area contributed by atoms with Gasteiger partial charge in [0.25, 0.3) is 11.3 Å². The van der Waals surface area contributed by atoms with Gasteiger partial charge in [-0.3, -0.25) is 14.2 Å². The topological polar surface area (TPSA) is 108 Å². The lowest BCUT2D eigenvalue weighted by Gasteiger charge is -2.08. The average molecular weight is 469 g/mol. The summed E-state index contributed by atoms with van der Waals surface area (Å²) in [6.45, 7) is 0.495. The molecule has 33 heavy (non-hydrogen) atoms. The van der Waals surface area contributed by atoms with Gasteiger partial charge in [-0.05, 0) is 35.9 Å². The number of hydrogen-bond acceptors (Lipinski definition) is 7. The zero-order valence-electron chi connectivity index (χ0n) is 18.0. The summed E-state index contributed by atoms with van der Waals surface area (Å²) in [5.41, 5.74) is 1.38. The molecule has 0 aliphatic carbocycles. The van der Waals surface area contributed by atoms with Crippen LogP contribution in [0.2, 0.25) is 5.02 Å². The second kappa shape index (κ2) is 9.74. The van der Waals surface area contributed by atoms with Crippen molar-refractivity contribution >= 4 is 28.6 Å². The number of carbonyl (C=O) groups is 1. The molecule has 0 bridgehead atoms. The Morgan fingerprint density at radius 2 is 1.94 bits per heavy atom. The Bertz CT molecular complexity index is 1360. The van der Waals surface area contributed by atoms with Crippen LogP contribution in [0.25, 0.3) is 22.4 Å². The highest BCUT2D eigenvalue weighted by molar-refractivity contribution is 6.33. The summed E-state index contributed by atoms with van der Waals surface area (Å²) in [6, 6.07) is 12.4. The van der Waals surface area contributed by atoms with Gasteiger partial charge in [-0.1, -0.05) is 28.9 Å². The van der Waals surface area contributed by atoms with E-state index in [9.17, 15) is 9.59 Å². The third-order valence-electron chi connectivity index (χ3n) is 5.10. The average Bonchev–Trinajstić information content (AvgIpc) is 3.27. The normalized spacial score (nSPS) is 10.9. The first-order chi connectivity index (χ1) is 16.0. The van der Waals surface area contributed by atoms with Gasteiger partial charge in [-0.15, -0.1) is 0 Å². The number of methoxy groups -OCH3 is 2. The standard InChI is InChI=1S/C23H21ClN4O5/c1-31-15-5-3-4-14(10-15)12-25-19(29)8-9-28-13-26-22-20(23(28)30)21(27-33-22)17-11-16(32-2)6-7-18(17)24/h3-7,10-11,13H,8-9,12H2,1-2H3,(H,25,29). The van der Waals surface area contributed by atoms with Crippen LogP contribution in [0.4, 0.5) is 0 Å². The second-order valence-electron chi connectivity index (χ2n) is 7.18. The van der Waals surface area contributed by atoms with Crippen LogP contribution in [0.1, 0.15) is 12.0 Å². The van der Waals surface area contributed by atoms with Gasteiger partial charge in [0.2, 0.25) is 5.91 Å². The Labute approximate surface area is 193 Å². The molecule has 0 unspecified atom stereocenters. The molecule has 2 heterocycles. The number of benzene rings is 2. The molecule has 1 N–H and O–H groups in total. The lowest BCUT2D eigenvalue weighted by Crippen LogP contribution is -2.27. The number of rotatable bonds is 8. The molecule has 2 aromatic carbocycles. The second-order valence-corrected chi connectivity index (χ2v) is 7.59. The van der Waals surface area contributed by atoms with Crippen molar-refractivity contribution in [3.8, 4) is 22.8 Å². The molecule has 4 aromatic rings. The first-order valence-corrected chi connectivity index (χ1v) is 10.5. The molecule has 0 spiro atoms. The van der Waals surface area contributed by atoms with Gasteiger partial charge in [0, 0.05) is 25.1 Å². The molecular weight excluding hydrogens is 448 g/mol. The van der Waals surface area contributed by atoms with Crippen molar-refractivity contribution in [1.82, 2.24) is 20.0 Å². The summed E-state index contributed by atoms with van der Waals surface area (Å²) >= 11 is 6.32. The summed E-state index contributed by atoms with van der Waals surface area (Å²) in [5, 5.41) is 7.40. The van der Waals surface area contributed by atoms with Crippen LogP contribution in [-0.4, -0.2) is 34.8 Å². The molecule has 0 saturated heterocycles. The minimum Gasteiger partial charge on any atom is -0.497 e. The third kappa shape index (κ3) is 4.83. The van der Waals surface area contributed by atoms with E-state index in [1.807, 2.05) is 24.3 Å². The van der Waals surface area contributed by atoms with Crippen LogP contribution in [0, 0.1) is 0 Å². The Morgan fingerprint density at radius 1 is 1.15 bits per heavy atom. The molecule has 9 nitrogen and oxygen atoms in total. The predicted molar refractivity (Wildman–Crippen MR) is 123 cm³/mol.